The second kappa shape index (κ2) is 6.81. The Bertz CT molecular complexity index is 1090. The summed E-state index contributed by atoms with van der Waals surface area (Å²) < 4.78 is 0. The molecule has 4 rings (SSSR count). The maximum absolute atomic E-state index is 12.3. The van der Waals surface area contributed by atoms with E-state index in [-0.39, 0.29) is 5.69 Å². The number of para-hydroxylation sites is 1. The average Bonchev–Trinajstić information content (AvgIpc) is 3.34. The number of rotatable bonds is 3. The van der Waals surface area contributed by atoms with Gasteiger partial charge in [-0.1, -0.05) is 48.5 Å². The van der Waals surface area contributed by atoms with Gasteiger partial charge in [0.2, 0.25) is 0 Å². The van der Waals surface area contributed by atoms with E-state index in [1.54, 1.807) is 11.6 Å². The molecule has 0 saturated heterocycles. The van der Waals surface area contributed by atoms with Crippen molar-refractivity contribution in [2.75, 3.05) is 0 Å². The number of benzene rings is 2. The lowest BCUT2D eigenvalue weighted by Crippen LogP contribution is -2.41. The van der Waals surface area contributed by atoms with Crippen LogP contribution in [-0.4, -0.2) is 21.8 Å². The number of nitrogens with zero attached hydrogens (tertiary/aromatic N) is 1. The molecule has 2 heterocycles. The highest BCUT2D eigenvalue weighted by Crippen LogP contribution is 2.23. The Morgan fingerprint density at radius 2 is 1.65 bits per heavy atom. The number of fused-ring (bicyclic) bond motifs is 1. The number of H-pyrrole nitrogens is 1. The zero-order chi connectivity index (χ0) is 17.9. The monoisotopic (exact) mass is 362 g/mol. The van der Waals surface area contributed by atoms with E-state index in [9.17, 15) is 9.59 Å². The molecule has 0 aliphatic rings. The Kier molecular flexibility index (Phi) is 4.20. The minimum absolute atomic E-state index is 0.257. The molecule has 0 bridgehead atoms. The number of carbonyl (C=O) groups is 2. The molecule has 6 nitrogen and oxygen atoms in total. The highest BCUT2D eigenvalue weighted by Gasteiger charge is 2.15. The van der Waals surface area contributed by atoms with Crippen LogP contribution in [0.15, 0.2) is 66.2 Å². The number of aromatic amines is 1. The first-order valence-corrected chi connectivity index (χ1v) is 8.78. The summed E-state index contributed by atoms with van der Waals surface area (Å²) in [6.45, 7) is 0. The number of amides is 2. The SMILES string of the molecule is O=C(NNC(=O)c1c[nH]c2ccccc12)c1csc(-c2ccccc2)n1. The topological polar surface area (TPSA) is 86.9 Å². The van der Waals surface area contributed by atoms with E-state index in [2.05, 4.69) is 20.8 Å². The van der Waals surface area contributed by atoms with Crippen LogP contribution in [0.25, 0.3) is 21.5 Å². The summed E-state index contributed by atoms with van der Waals surface area (Å²) >= 11 is 1.38. The van der Waals surface area contributed by atoms with Gasteiger partial charge in [0.25, 0.3) is 11.8 Å². The van der Waals surface area contributed by atoms with E-state index in [1.807, 2.05) is 54.6 Å². The summed E-state index contributed by atoms with van der Waals surface area (Å²) in [5.74, 6) is -0.856. The second-order valence-corrected chi connectivity index (χ2v) is 6.42. The van der Waals surface area contributed by atoms with Crippen LogP contribution in [0.2, 0.25) is 0 Å². The first kappa shape index (κ1) is 16.0. The van der Waals surface area contributed by atoms with Gasteiger partial charge >= 0.3 is 0 Å². The molecule has 0 radical (unpaired) electrons. The van der Waals surface area contributed by atoms with Crippen LogP contribution < -0.4 is 10.9 Å². The van der Waals surface area contributed by atoms with Crippen LogP contribution >= 0.6 is 11.3 Å². The van der Waals surface area contributed by atoms with Crippen molar-refractivity contribution in [3.63, 3.8) is 0 Å². The zero-order valence-corrected chi connectivity index (χ0v) is 14.3. The summed E-state index contributed by atoms with van der Waals surface area (Å²) in [5, 5.41) is 3.20. The third kappa shape index (κ3) is 3.07. The van der Waals surface area contributed by atoms with Gasteiger partial charge in [-0.3, -0.25) is 20.4 Å². The van der Waals surface area contributed by atoms with Crippen molar-refractivity contribution < 1.29 is 9.59 Å². The molecule has 4 aromatic rings. The van der Waals surface area contributed by atoms with Gasteiger partial charge in [0, 0.05) is 28.0 Å². The Hall–Kier alpha value is -3.45. The number of thiazole rings is 1. The fourth-order valence-corrected chi connectivity index (χ4v) is 3.40. The minimum Gasteiger partial charge on any atom is -0.360 e. The molecule has 128 valence electrons. The van der Waals surface area contributed by atoms with E-state index in [0.717, 1.165) is 21.5 Å². The van der Waals surface area contributed by atoms with Gasteiger partial charge < -0.3 is 4.98 Å². The summed E-state index contributed by atoms with van der Waals surface area (Å²) in [4.78, 5) is 31.9. The zero-order valence-electron chi connectivity index (χ0n) is 13.5. The predicted molar refractivity (Wildman–Crippen MR) is 101 cm³/mol. The third-order valence-corrected chi connectivity index (χ3v) is 4.77. The van der Waals surface area contributed by atoms with E-state index < -0.39 is 11.8 Å². The van der Waals surface area contributed by atoms with Gasteiger partial charge in [0.05, 0.1) is 5.56 Å². The van der Waals surface area contributed by atoms with Crippen LogP contribution in [0.5, 0.6) is 0 Å². The van der Waals surface area contributed by atoms with Crippen molar-refractivity contribution in [3.8, 4) is 10.6 Å². The molecule has 0 fully saturated rings. The highest BCUT2D eigenvalue weighted by atomic mass is 32.1. The largest absolute Gasteiger partial charge is 0.360 e. The van der Waals surface area contributed by atoms with Gasteiger partial charge in [-0.15, -0.1) is 11.3 Å². The fourth-order valence-electron chi connectivity index (χ4n) is 2.60. The Morgan fingerprint density at radius 1 is 0.923 bits per heavy atom. The first-order chi connectivity index (χ1) is 12.7. The number of carbonyl (C=O) groups excluding carboxylic acids is 2. The number of hydrazine groups is 1. The second-order valence-electron chi connectivity index (χ2n) is 5.56. The quantitative estimate of drug-likeness (QED) is 0.488. The van der Waals surface area contributed by atoms with Gasteiger partial charge in [-0.2, -0.15) is 0 Å². The molecule has 0 aliphatic heterocycles. The molecule has 0 aliphatic carbocycles. The van der Waals surface area contributed by atoms with Crippen molar-refractivity contribution >= 4 is 34.1 Å². The number of nitrogens with one attached hydrogen (secondary N) is 3. The summed E-state index contributed by atoms with van der Waals surface area (Å²) in [6, 6.07) is 17.1. The van der Waals surface area contributed by atoms with Crippen LogP contribution in [0.4, 0.5) is 0 Å². The number of hydrogen-bond donors (Lipinski definition) is 3. The van der Waals surface area contributed by atoms with Crippen molar-refractivity contribution in [3.05, 3.63) is 77.4 Å². The first-order valence-electron chi connectivity index (χ1n) is 7.90. The standard InChI is InChI=1S/C19H14N4O2S/c24-17(14-10-20-15-9-5-4-8-13(14)15)22-23-18(25)16-11-26-19(21-16)12-6-2-1-3-7-12/h1-11,20H,(H,22,24)(H,23,25). The van der Waals surface area contributed by atoms with Gasteiger partial charge in [-0.25, -0.2) is 4.98 Å². The van der Waals surface area contributed by atoms with Crippen molar-refractivity contribution in [2.24, 2.45) is 0 Å². The van der Waals surface area contributed by atoms with E-state index in [1.165, 1.54) is 11.3 Å². The van der Waals surface area contributed by atoms with E-state index >= 15 is 0 Å². The number of hydrogen-bond acceptors (Lipinski definition) is 4. The van der Waals surface area contributed by atoms with E-state index in [0.29, 0.717) is 5.56 Å². The van der Waals surface area contributed by atoms with Gasteiger partial charge in [0.1, 0.15) is 10.7 Å². The van der Waals surface area contributed by atoms with Crippen LogP contribution in [-0.2, 0) is 0 Å². The molecular weight excluding hydrogens is 348 g/mol. The summed E-state index contributed by atoms with van der Waals surface area (Å²) in [7, 11) is 0. The Balaban J connectivity index is 1.44. The molecule has 0 unspecified atom stereocenters. The normalized spacial score (nSPS) is 10.6. The minimum atomic E-state index is -0.461. The molecular formula is C19H14N4O2S. The van der Waals surface area contributed by atoms with E-state index in [4.69, 9.17) is 0 Å². The van der Waals surface area contributed by atoms with Crippen LogP contribution in [0, 0.1) is 0 Å². The molecule has 2 aromatic carbocycles. The van der Waals surface area contributed by atoms with Gasteiger partial charge in [0.15, 0.2) is 0 Å². The molecule has 7 heteroatoms. The van der Waals surface area contributed by atoms with Gasteiger partial charge in [-0.05, 0) is 6.07 Å². The number of aromatic nitrogens is 2. The lowest BCUT2D eigenvalue weighted by atomic mass is 10.2. The Morgan fingerprint density at radius 3 is 2.50 bits per heavy atom. The lowest BCUT2D eigenvalue weighted by molar-refractivity contribution is 0.0845. The molecule has 26 heavy (non-hydrogen) atoms. The van der Waals surface area contributed by atoms with Crippen molar-refractivity contribution in [2.45, 2.75) is 0 Å². The molecule has 2 aromatic heterocycles. The van der Waals surface area contributed by atoms with Crippen molar-refractivity contribution in [1.82, 2.24) is 20.8 Å². The summed E-state index contributed by atoms with van der Waals surface area (Å²) in [6.07, 6.45) is 1.61. The molecule has 3 N–H and O–H groups in total. The third-order valence-electron chi connectivity index (χ3n) is 3.88. The van der Waals surface area contributed by atoms with Crippen LogP contribution in [0.3, 0.4) is 0 Å². The maximum atomic E-state index is 12.3. The smallest absolute Gasteiger partial charge is 0.289 e. The molecule has 0 spiro atoms. The lowest BCUT2D eigenvalue weighted by Gasteiger charge is -2.05. The predicted octanol–water partition coefficient (Wildman–Crippen LogP) is 3.37. The Labute approximate surface area is 152 Å². The molecule has 0 atom stereocenters. The molecule has 2 amide bonds. The van der Waals surface area contributed by atoms with Crippen LogP contribution in [0.1, 0.15) is 20.8 Å². The average molecular weight is 362 g/mol. The fraction of sp³-hybridized carbons (Fsp3) is 0. The highest BCUT2D eigenvalue weighted by molar-refractivity contribution is 7.13. The van der Waals surface area contributed by atoms with Crippen molar-refractivity contribution in [1.29, 1.82) is 0 Å². The summed E-state index contributed by atoms with van der Waals surface area (Å²) in [5.41, 5.74) is 7.36. The maximum Gasteiger partial charge on any atom is 0.289 e. The molecule has 0 saturated carbocycles.